The standard InChI is InChI=1S/C30H32F2N2O6/c1-6-34-15-20(28(36)38-16-18-10-8-7-9-11-18)25(35)19-13-21(31)23(32)27(24(19)34)39-26(22-12-17(2)14-33-22)29(37)40-30(3,4)5/h7-11,13,15,22,26,33H,2,6,12,14,16H2,1,3-5H3/t22?,26-/m0/s1. The molecule has 0 radical (unpaired) electrons. The van der Waals surface area contributed by atoms with E-state index < -0.39 is 52.5 Å². The first-order chi connectivity index (χ1) is 18.9. The van der Waals surface area contributed by atoms with E-state index in [0.717, 1.165) is 11.6 Å². The van der Waals surface area contributed by atoms with Crippen LogP contribution in [0.25, 0.3) is 10.9 Å². The van der Waals surface area contributed by atoms with Crippen LogP contribution < -0.4 is 15.5 Å². The van der Waals surface area contributed by atoms with Crippen LogP contribution in [-0.2, 0) is 27.4 Å². The van der Waals surface area contributed by atoms with Gasteiger partial charge in [-0.1, -0.05) is 42.5 Å². The molecule has 0 amide bonds. The fourth-order valence-corrected chi connectivity index (χ4v) is 4.50. The number of halogens is 2. The van der Waals surface area contributed by atoms with E-state index in [2.05, 4.69) is 11.9 Å². The molecule has 0 bridgehead atoms. The van der Waals surface area contributed by atoms with Crippen LogP contribution in [0.15, 0.2) is 59.5 Å². The van der Waals surface area contributed by atoms with Crippen LogP contribution >= 0.6 is 0 Å². The van der Waals surface area contributed by atoms with Gasteiger partial charge in [0.25, 0.3) is 0 Å². The number of aryl methyl sites for hydroxylation is 1. The molecule has 0 aliphatic carbocycles. The van der Waals surface area contributed by atoms with E-state index in [-0.39, 0.29) is 29.6 Å². The van der Waals surface area contributed by atoms with Gasteiger partial charge in [0.2, 0.25) is 17.3 Å². The zero-order valence-corrected chi connectivity index (χ0v) is 22.9. The lowest BCUT2D eigenvalue weighted by Crippen LogP contribution is -2.47. The summed E-state index contributed by atoms with van der Waals surface area (Å²) in [6.45, 7) is 11.1. The van der Waals surface area contributed by atoms with E-state index in [4.69, 9.17) is 14.2 Å². The number of carbonyl (C=O) groups is 2. The minimum Gasteiger partial charge on any atom is -0.472 e. The predicted molar refractivity (Wildman–Crippen MR) is 145 cm³/mol. The topological polar surface area (TPSA) is 95.9 Å². The third kappa shape index (κ3) is 6.22. The normalized spacial score (nSPS) is 16.1. The van der Waals surface area contributed by atoms with Crippen molar-refractivity contribution >= 4 is 22.8 Å². The number of hydrogen-bond acceptors (Lipinski definition) is 7. The maximum atomic E-state index is 15.4. The smallest absolute Gasteiger partial charge is 0.349 e. The largest absolute Gasteiger partial charge is 0.472 e. The molecule has 1 fully saturated rings. The average Bonchev–Trinajstić information content (AvgIpc) is 3.33. The molecule has 3 aromatic rings. The summed E-state index contributed by atoms with van der Waals surface area (Å²) in [5.74, 6) is -5.08. The molecule has 1 saturated heterocycles. The number of hydrogen-bond donors (Lipinski definition) is 1. The first-order valence-electron chi connectivity index (χ1n) is 12.9. The fraction of sp³-hybridized carbons (Fsp3) is 0.367. The van der Waals surface area contributed by atoms with E-state index in [1.807, 2.05) is 6.07 Å². The van der Waals surface area contributed by atoms with Gasteiger partial charge < -0.3 is 24.1 Å². The second-order valence-corrected chi connectivity index (χ2v) is 10.6. The Morgan fingerprint density at radius 1 is 1.20 bits per heavy atom. The summed E-state index contributed by atoms with van der Waals surface area (Å²) in [7, 11) is 0. The Bertz CT molecular complexity index is 1510. The highest BCUT2D eigenvalue weighted by Gasteiger charge is 2.38. The molecule has 2 heterocycles. The second kappa shape index (κ2) is 11.6. The van der Waals surface area contributed by atoms with Gasteiger partial charge in [-0.25, -0.2) is 14.0 Å². The molecule has 1 aliphatic heterocycles. The Morgan fingerprint density at radius 3 is 2.50 bits per heavy atom. The molecule has 4 rings (SSSR count). The Hall–Kier alpha value is -4.05. The van der Waals surface area contributed by atoms with Crippen molar-refractivity contribution in [1.29, 1.82) is 0 Å². The number of fused-ring (bicyclic) bond motifs is 1. The zero-order valence-electron chi connectivity index (χ0n) is 22.9. The van der Waals surface area contributed by atoms with Crippen LogP contribution in [0.4, 0.5) is 8.78 Å². The summed E-state index contributed by atoms with van der Waals surface area (Å²) >= 11 is 0. The van der Waals surface area contributed by atoms with Gasteiger partial charge in [-0.15, -0.1) is 0 Å². The molecule has 1 aromatic heterocycles. The molecule has 8 nitrogen and oxygen atoms in total. The molecular weight excluding hydrogens is 522 g/mol. The number of aromatic nitrogens is 1. The van der Waals surface area contributed by atoms with Crippen molar-refractivity contribution in [3.63, 3.8) is 0 Å². The van der Waals surface area contributed by atoms with Crippen LogP contribution in [0.5, 0.6) is 5.75 Å². The quantitative estimate of drug-likeness (QED) is 0.320. The average molecular weight is 555 g/mol. The molecular formula is C30H32F2N2O6. The number of esters is 2. The highest BCUT2D eigenvalue weighted by molar-refractivity contribution is 5.95. The lowest BCUT2D eigenvalue weighted by atomic mass is 10.1. The third-order valence-corrected chi connectivity index (χ3v) is 6.36. The molecule has 2 aromatic carbocycles. The van der Waals surface area contributed by atoms with Gasteiger partial charge in [0.1, 0.15) is 17.8 Å². The summed E-state index contributed by atoms with van der Waals surface area (Å²) in [5, 5.41) is 2.80. The number of nitrogens with zero attached hydrogens (tertiary/aromatic N) is 1. The van der Waals surface area contributed by atoms with Gasteiger partial charge in [0.05, 0.1) is 16.9 Å². The van der Waals surface area contributed by atoms with E-state index in [9.17, 15) is 18.8 Å². The first kappa shape index (κ1) is 28.9. The Morgan fingerprint density at radius 2 is 1.90 bits per heavy atom. The van der Waals surface area contributed by atoms with Gasteiger partial charge in [-0.3, -0.25) is 4.79 Å². The van der Waals surface area contributed by atoms with Gasteiger partial charge in [0, 0.05) is 19.3 Å². The lowest BCUT2D eigenvalue weighted by molar-refractivity contribution is -0.164. The van der Waals surface area contributed by atoms with Crippen molar-refractivity contribution in [1.82, 2.24) is 9.88 Å². The van der Waals surface area contributed by atoms with Gasteiger partial charge in [-0.05, 0) is 45.7 Å². The Kier molecular flexibility index (Phi) is 8.39. The SMILES string of the molecule is C=C1CNC([C@H](Oc2c(F)c(F)cc3c(=O)c(C(=O)OCc4ccccc4)cn(CC)c23)C(=O)OC(C)(C)C)C1. The van der Waals surface area contributed by atoms with Crippen molar-refractivity contribution in [2.75, 3.05) is 6.54 Å². The highest BCUT2D eigenvalue weighted by Crippen LogP contribution is 2.33. The van der Waals surface area contributed by atoms with Gasteiger partial charge in [0.15, 0.2) is 11.6 Å². The van der Waals surface area contributed by atoms with E-state index in [1.54, 1.807) is 52.0 Å². The molecule has 1 unspecified atom stereocenters. The van der Waals surface area contributed by atoms with Crippen LogP contribution in [-0.4, -0.2) is 40.8 Å². The Balaban J connectivity index is 1.79. The minimum absolute atomic E-state index is 0.0767. The van der Waals surface area contributed by atoms with Gasteiger partial charge in [-0.2, -0.15) is 4.39 Å². The number of nitrogens with one attached hydrogen (secondary N) is 1. The summed E-state index contributed by atoms with van der Waals surface area (Å²) in [6.07, 6.45) is 0.186. The molecule has 2 atom stereocenters. The molecule has 0 saturated carbocycles. The number of pyridine rings is 1. The van der Waals surface area contributed by atoms with Crippen molar-refractivity contribution in [3.05, 3.63) is 87.7 Å². The monoisotopic (exact) mass is 554 g/mol. The van der Waals surface area contributed by atoms with Crippen molar-refractivity contribution in [2.24, 2.45) is 0 Å². The highest BCUT2D eigenvalue weighted by atomic mass is 19.2. The molecule has 10 heteroatoms. The zero-order chi connectivity index (χ0) is 29.2. The van der Waals surface area contributed by atoms with E-state index >= 15 is 4.39 Å². The molecule has 0 spiro atoms. The molecule has 1 N–H and O–H groups in total. The summed E-state index contributed by atoms with van der Waals surface area (Å²) < 4.78 is 48.4. The van der Waals surface area contributed by atoms with E-state index in [0.29, 0.717) is 18.5 Å². The van der Waals surface area contributed by atoms with Crippen LogP contribution in [0.2, 0.25) is 0 Å². The van der Waals surface area contributed by atoms with Crippen molar-refractivity contribution in [3.8, 4) is 5.75 Å². The van der Waals surface area contributed by atoms with Gasteiger partial charge >= 0.3 is 11.9 Å². The molecule has 1 aliphatic rings. The predicted octanol–water partition coefficient (Wildman–Crippen LogP) is 4.66. The molecule has 212 valence electrons. The van der Waals surface area contributed by atoms with Crippen molar-refractivity contribution < 1.29 is 32.6 Å². The van der Waals surface area contributed by atoms with Crippen molar-refractivity contribution in [2.45, 2.75) is 65.0 Å². The number of ether oxygens (including phenoxy) is 3. The third-order valence-electron chi connectivity index (χ3n) is 6.36. The van der Waals surface area contributed by atoms with Crippen LogP contribution in [0, 0.1) is 11.6 Å². The molecule has 40 heavy (non-hydrogen) atoms. The maximum Gasteiger partial charge on any atom is 0.349 e. The van der Waals surface area contributed by atoms with Crippen LogP contribution in [0.1, 0.15) is 50.0 Å². The second-order valence-electron chi connectivity index (χ2n) is 10.6. The van der Waals surface area contributed by atoms with Crippen LogP contribution in [0.3, 0.4) is 0 Å². The lowest BCUT2D eigenvalue weighted by Gasteiger charge is -2.28. The van der Waals surface area contributed by atoms with E-state index in [1.165, 1.54) is 10.8 Å². The minimum atomic E-state index is -1.38. The summed E-state index contributed by atoms with van der Waals surface area (Å²) in [5.41, 5.74) is -0.667. The summed E-state index contributed by atoms with van der Waals surface area (Å²) in [6, 6.07) is 8.99. The Labute approximate surface area is 230 Å². The number of carbonyl (C=O) groups excluding carboxylic acids is 2. The number of benzene rings is 2. The maximum absolute atomic E-state index is 15.4. The fourth-order valence-electron chi connectivity index (χ4n) is 4.50. The number of rotatable bonds is 8. The first-order valence-corrected chi connectivity index (χ1v) is 12.9. The summed E-state index contributed by atoms with van der Waals surface area (Å²) in [4.78, 5) is 39.5.